The molecule has 2 N–H and O–H groups in total. The van der Waals surface area contributed by atoms with Crippen molar-refractivity contribution in [1.29, 1.82) is 0 Å². The molecular formula is C10H7F3N2O3. The topological polar surface area (TPSA) is 78.8 Å². The second-order valence-corrected chi connectivity index (χ2v) is 3.12. The van der Waals surface area contributed by atoms with E-state index >= 15 is 0 Å². The molecule has 0 saturated carbocycles. The Labute approximate surface area is 98.9 Å². The first-order valence-electron chi connectivity index (χ1n) is 4.54. The molecule has 0 aliphatic carbocycles. The predicted molar refractivity (Wildman–Crippen MR) is 55.2 cm³/mol. The Hall–Kier alpha value is -2.38. The van der Waals surface area contributed by atoms with Gasteiger partial charge in [-0.25, -0.2) is 10.2 Å². The summed E-state index contributed by atoms with van der Waals surface area (Å²) in [5.41, 5.74) is 1.68. The summed E-state index contributed by atoms with van der Waals surface area (Å²) < 4.78 is 35.3. The van der Waals surface area contributed by atoms with Crippen LogP contribution in [0.15, 0.2) is 29.4 Å². The molecule has 18 heavy (non-hydrogen) atoms. The minimum atomic E-state index is -5.00. The summed E-state index contributed by atoms with van der Waals surface area (Å²) in [5.74, 6) is -3.30. The van der Waals surface area contributed by atoms with Gasteiger partial charge in [0, 0.05) is 0 Å². The van der Waals surface area contributed by atoms with Crippen molar-refractivity contribution in [3.05, 3.63) is 35.4 Å². The van der Waals surface area contributed by atoms with Gasteiger partial charge >= 0.3 is 18.1 Å². The number of carbonyl (C=O) groups is 2. The second kappa shape index (κ2) is 5.30. The number of hydrogen-bond acceptors (Lipinski definition) is 3. The Morgan fingerprint density at radius 3 is 2.22 bits per heavy atom. The Balaban J connectivity index is 2.63. The number of nitrogens with one attached hydrogen (secondary N) is 1. The fourth-order valence-corrected chi connectivity index (χ4v) is 0.941. The molecule has 0 saturated heterocycles. The van der Waals surface area contributed by atoms with Crippen LogP contribution in [0.2, 0.25) is 0 Å². The monoisotopic (exact) mass is 260 g/mol. The zero-order valence-corrected chi connectivity index (χ0v) is 8.73. The van der Waals surface area contributed by atoms with Gasteiger partial charge in [0.2, 0.25) is 0 Å². The minimum Gasteiger partial charge on any atom is -0.478 e. The maximum Gasteiger partial charge on any atom is 0.473 e. The molecule has 1 amide bonds. The summed E-state index contributed by atoms with van der Waals surface area (Å²) in [6, 6.07) is 5.20. The lowest BCUT2D eigenvalue weighted by molar-refractivity contribution is -0.173. The van der Waals surface area contributed by atoms with Gasteiger partial charge in [0.25, 0.3) is 0 Å². The van der Waals surface area contributed by atoms with Crippen molar-refractivity contribution in [2.24, 2.45) is 5.10 Å². The third kappa shape index (κ3) is 3.89. The van der Waals surface area contributed by atoms with E-state index in [0.29, 0.717) is 5.56 Å². The lowest BCUT2D eigenvalue weighted by atomic mass is 10.1. The Bertz CT molecular complexity index is 480. The first kappa shape index (κ1) is 13.7. The van der Waals surface area contributed by atoms with Gasteiger partial charge in [-0.05, 0) is 17.7 Å². The summed E-state index contributed by atoms with van der Waals surface area (Å²) in [7, 11) is 0. The van der Waals surface area contributed by atoms with Gasteiger partial charge in [-0.15, -0.1) is 0 Å². The average molecular weight is 260 g/mol. The van der Waals surface area contributed by atoms with Crippen LogP contribution in [0.25, 0.3) is 0 Å². The molecule has 0 radical (unpaired) electrons. The summed E-state index contributed by atoms with van der Waals surface area (Å²) >= 11 is 0. The maximum atomic E-state index is 11.8. The van der Waals surface area contributed by atoms with Gasteiger partial charge in [-0.1, -0.05) is 12.1 Å². The molecule has 1 aromatic carbocycles. The van der Waals surface area contributed by atoms with Crippen molar-refractivity contribution < 1.29 is 27.9 Å². The van der Waals surface area contributed by atoms with E-state index in [9.17, 15) is 22.8 Å². The van der Waals surface area contributed by atoms with Crippen LogP contribution in [0.1, 0.15) is 15.9 Å². The summed E-state index contributed by atoms with van der Waals surface area (Å²) in [6.07, 6.45) is -4.03. The number of amides is 1. The summed E-state index contributed by atoms with van der Waals surface area (Å²) in [5, 5.41) is 11.7. The van der Waals surface area contributed by atoms with E-state index < -0.39 is 18.1 Å². The van der Waals surface area contributed by atoms with Crippen molar-refractivity contribution in [3.8, 4) is 0 Å². The highest BCUT2D eigenvalue weighted by Gasteiger charge is 2.38. The molecule has 0 spiro atoms. The van der Waals surface area contributed by atoms with Crippen LogP contribution in [0.5, 0.6) is 0 Å². The van der Waals surface area contributed by atoms with Gasteiger partial charge in [0.1, 0.15) is 0 Å². The van der Waals surface area contributed by atoms with Gasteiger partial charge in [-0.3, -0.25) is 4.79 Å². The molecule has 0 bridgehead atoms. The van der Waals surface area contributed by atoms with E-state index in [1.165, 1.54) is 29.7 Å². The highest BCUT2D eigenvalue weighted by molar-refractivity contribution is 5.89. The maximum absolute atomic E-state index is 11.8. The Morgan fingerprint density at radius 1 is 1.22 bits per heavy atom. The van der Waals surface area contributed by atoms with Crippen LogP contribution in [0, 0.1) is 0 Å². The molecule has 8 heteroatoms. The van der Waals surface area contributed by atoms with Gasteiger partial charge in [0.15, 0.2) is 0 Å². The summed E-state index contributed by atoms with van der Waals surface area (Å²) in [6.45, 7) is 0. The molecule has 5 nitrogen and oxygen atoms in total. The molecule has 0 fully saturated rings. The number of rotatable bonds is 3. The zero-order valence-electron chi connectivity index (χ0n) is 8.73. The third-order valence-electron chi connectivity index (χ3n) is 1.79. The summed E-state index contributed by atoms with van der Waals surface area (Å²) in [4.78, 5) is 20.9. The second-order valence-electron chi connectivity index (χ2n) is 3.12. The van der Waals surface area contributed by atoms with E-state index in [4.69, 9.17) is 5.11 Å². The lowest BCUT2D eigenvalue weighted by Crippen LogP contribution is -2.33. The number of carboxylic acids is 1. The number of hydrazone groups is 1. The van der Waals surface area contributed by atoms with E-state index in [1.54, 1.807) is 0 Å². The molecule has 0 atom stereocenters. The SMILES string of the molecule is O=C(O)c1ccc(C=NNC(=O)C(F)(F)F)cc1. The van der Waals surface area contributed by atoms with Crippen LogP contribution < -0.4 is 5.43 Å². The zero-order chi connectivity index (χ0) is 13.8. The van der Waals surface area contributed by atoms with Crippen molar-refractivity contribution >= 4 is 18.1 Å². The largest absolute Gasteiger partial charge is 0.478 e. The fourth-order valence-electron chi connectivity index (χ4n) is 0.941. The van der Waals surface area contributed by atoms with E-state index in [2.05, 4.69) is 5.10 Å². The normalized spacial score (nSPS) is 11.5. The number of hydrogen-bond donors (Lipinski definition) is 2. The molecule has 0 aliphatic rings. The predicted octanol–water partition coefficient (Wildman–Crippen LogP) is 1.40. The van der Waals surface area contributed by atoms with Crippen molar-refractivity contribution in [2.45, 2.75) is 6.18 Å². The molecule has 0 aliphatic heterocycles. The van der Waals surface area contributed by atoms with Crippen molar-refractivity contribution in [3.63, 3.8) is 0 Å². The van der Waals surface area contributed by atoms with Crippen molar-refractivity contribution in [1.82, 2.24) is 5.43 Å². The molecule has 1 rings (SSSR count). The molecule has 0 heterocycles. The van der Waals surface area contributed by atoms with Gasteiger partial charge < -0.3 is 5.11 Å². The fraction of sp³-hybridized carbons (Fsp3) is 0.100. The smallest absolute Gasteiger partial charge is 0.473 e. The molecular weight excluding hydrogens is 253 g/mol. The van der Waals surface area contributed by atoms with Gasteiger partial charge in [0.05, 0.1) is 11.8 Å². The number of carbonyl (C=O) groups excluding carboxylic acids is 1. The first-order chi connectivity index (χ1) is 8.30. The lowest BCUT2D eigenvalue weighted by Gasteiger charge is -2.02. The minimum absolute atomic E-state index is 0.0338. The molecule has 0 aromatic heterocycles. The quantitative estimate of drug-likeness (QED) is 0.636. The van der Waals surface area contributed by atoms with E-state index in [0.717, 1.165) is 6.21 Å². The number of carboxylic acid groups (broad SMARTS) is 1. The number of aromatic carboxylic acids is 1. The Morgan fingerprint density at radius 2 is 1.78 bits per heavy atom. The standard InChI is InChI=1S/C10H7F3N2O3/c11-10(12,13)9(18)15-14-5-6-1-3-7(4-2-6)8(16)17/h1-5H,(H,15,18)(H,16,17). The highest BCUT2D eigenvalue weighted by Crippen LogP contribution is 2.13. The van der Waals surface area contributed by atoms with Crippen LogP contribution in [-0.4, -0.2) is 29.4 Å². The Kier molecular flexibility index (Phi) is 4.03. The van der Waals surface area contributed by atoms with Crippen LogP contribution in [0.4, 0.5) is 13.2 Å². The number of halogens is 3. The van der Waals surface area contributed by atoms with Gasteiger partial charge in [-0.2, -0.15) is 18.3 Å². The molecule has 1 aromatic rings. The third-order valence-corrected chi connectivity index (χ3v) is 1.79. The molecule has 96 valence electrons. The van der Waals surface area contributed by atoms with Crippen LogP contribution in [0.3, 0.4) is 0 Å². The highest BCUT2D eigenvalue weighted by atomic mass is 19.4. The number of nitrogens with zero attached hydrogens (tertiary/aromatic N) is 1. The number of alkyl halides is 3. The molecule has 0 unspecified atom stereocenters. The van der Waals surface area contributed by atoms with Crippen LogP contribution >= 0.6 is 0 Å². The number of benzene rings is 1. The van der Waals surface area contributed by atoms with E-state index in [-0.39, 0.29) is 5.56 Å². The first-order valence-corrected chi connectivity index (χ1v) is 4.54. The van der Waals surface area contributed by atoms with Crippen molar-refractivity contribution in [2.75, 3.05) is 0 Å². The van der Waals surface area contributed by atoms with E-state index in [1.807, 2.05) is 0 Å². The van der Waals surface area contributed by atoms with Crippen LogP contribution in [-0.2, 0) is 4.79 Å². The average Bonchev–Trinajstić information content (AvgIpc) is 2.28.